The van der Waals surface area contributed by atoms with Crippen molar-refractivity contribution in [3.8, 4) is 11.5 Å². The average Bonchev–Trinajstić information content (AvgIpc) is 3.53. The molecule has 0 radical (unpaired) electrons. The third-order valence-corrected chi connectivity index (χ3v) is 8.55. The van der Waals surface area contributed by atoms with Gasteiger partial charge in [0.2, 0.25) is 29.5 Å². The normalized spacial score (nSPS) is 14.4. The zero-order valence-corrected chi connectivity index (χ0v) is 29.2. The van der Waals surface area contributed by atoms with Gasteiger partial charge in [0.15, 0.2) is 0 Å². The van der Waals surface area contributed by atoms with Gasteiger partial charge in [0, 0.05) is 29.9 Å². The second-order valence-corrected chi connectivity index (χ2v) is 12.8. The molecule has 4 aromatic rings. The summed E-state index contributed by atoms with van der Waals surface area (Å²) in [6, 6.07) is 11.3. The zero-order chi connectivity index (χ0) is 39.5. The van der Waals surface area contributed by atoms with E-state index in [0.29, 0.717) is 22.1 Å². The quantitative estimate of drug-likeness (QED) is 0.0600. The standard InChI is InChI=1S/C37H43N7O10/c1-19(45)32(44-33(49)26(38)14-20-6-10-23(46)11-7-20)36(52)42-29(17-31(39)48)35(51)41-28(16-22-18-40-27-5-3-2-4-25(22)27)34(50)43-30(37(53)54)15-21-8-12-24(47)13-9-21/h2-13,18-19,26,28-30,32,40,45-47H,14-17,38H2,1H3,(H2,39,48)(H,41,51)(H,42,52)(H,43,50)(H,44,49)(H,53,54)/t19-,26+,28+,29+,30+,32+/m1/s1. The summed E-state index contributed by atoms with van der Waals surface area (Å²) in [5.74, 6) is -6.26. The van der Waals surface area contributed by atoms with Crippen molar-refractivity contribution in [1.82, 2.24) is 26.3 Å². The number of para-hydroxylation sites is 1. The first-order chi connectivity index (χ1) is 25.6. The van der Waals surface area contributed by atoms with Crippen LogP contribution < -0.4 is 32.7 Å². The van der Waals surface area contributed by atoms with E-state index in [4.69, 9.17) is 11.5 Å². The second-order valence-electron chi connectivity index (χ2n) is 12.8. The van der Waals surface area contributed by atoms with Gasteiger partial charge in [-0.25, -0.2) is 4.79 Å². The fourth-order valence-corrected chi connectivity index (χ4v) is 5.66. The van der Waals surface area contributed by atoms with Crippen LogP contribution in [-0.4, -0.2) is 97.2 Å². The van der Waals surface area contributed by atoms with E-state index in [2.05, 4.69) is 26.3 Å². The highest BCUT2D eigenvalue weighted by Crippen LogP contribution is 2.20. The number of aromatic nitrogens is 1. The number of carboxylic acid groups (broad SMARTS) is 1. The molecule has 3 aromatic carbocycles. The Balaban J connectivity index is 1.54. The molecule has 0 aliphatic carbocycles. The topological polar surface area (TPSA) is 299 Å². The van der Waals surface area contributed by atoms with Crippen LogP contribution in [0.25, 0.3) is 10.9 Å². The maximum absolute atomic E-state index is 13.8. The molecule has 54 heavy (non-hydrogen) atoms. The number of carboxylic acids is 1. The molecule has 1 aromatic heterocycles. The molecule has 0 aliphatic rings. The number of aliphatic hydroxyl groups excluding tert-OH is 1. The van der Waals surface area contributed by atoms with E-state index < -0.39 is 78.2 Å². The maximum Gasteiger partial charge on any atom is 0.326 e. The number of amides is 5. The van der Waals surface area contributed by atoms with Crippen LogP contribution in [0.4, 0.5) is 0 Å². The number of carbonyl (C=O) groups is 6. The Hall–Kier alpha value is -6.46. The highest BCUT2D eigenvalue weighted by atomic mass is 16.4. The van der Waals surface area contributed by atoms with E-state index in [1.807, 2.05) is 0 Å². The lowest BCUT2D eigenvalue weighted by Gasteiger charge is -2.27. The summed E-state index contributed by atoms with van der Waals surface area (Å²) in [5, 5.41) is 49.8. The number of rotatable bonds is 18. The lowest BCUT2D eigenvalue weighted by molar-refractivity contribution is -0.142. The van der Waals surface area contributed by atoms with Crippen LogP contribution in [0.1, 0.15) is 30.0 Å². The molecule has 1 heterocycles. The molecule has 4 rings (SSSR count). The predicted molar refractivity (Wildman–Crippen MR) is 194 cm³/mol. The molecule has 0 saturated carbocycles. The number of aliphatic hydroxyl groups is 1. The van der Waals surface area contributed by atoms with Gasteiger partial charge in [-0.05, 0) is 60.4 Å². The van der Waals surface area contributed by atoms with Gasteiger partial charge < -0.3 is 58.1 Å². The third-order valence-electron chi connectivity index (χ3n) is 8.55. The summed E-state index contributed by atoms with van der Waals surface area (Å²) in [6.07, 6.45) is -0.944. The summed E-state index contributed by atoms with van der Waals surface area (Å²) in [4.78, 5) is 81.2. The molecule has 6 atom stereocenters. The van der Waals surface area contributed by atoms with Crippen LogP contribution in [0.3, 0.4) is 0 Å². The van der Waals surface area contributed by atoms with E-state index in [-0.39, 0.29) is 30.8 Å². The zero-order valence-electron chi connectivity index (χ0n) is 29.2. The molecule has 17 nitrogen and oxygen atoms in total. The van der Waals surface area contributed by atoms with Crippen LogP contribution in [0.15, 0.2) is 79.0 Å². The maximum atomic E-state index is 13.8. The molecule has 0 bridgehead atoms. The number of hydrogen-bond acceptors (Lipinski definition) is 10. The number of phenols is 2. The van der Waals surface area contributed by atoms with Crippen molar-refractivity contribution in [1.29, 1.82) is 0 Å². The highest BCUT2D eigenvalue weighted by molar-refractivity contribution is 5.98. The predicted octanol–water partition coefficient (Wildman–Crippen LogP) is -0.786. The van der Waals surface area contributed by atoms with Crippen molar-refractivity contribution in [3.05, 3.63) is 95.7 Å². The number of aromatic amines is 1. The van der Waals surface area contributed by atoms with Gasteiger partial charge >= 0.3 is 5.97 Å². The first kappa shape index (κ1) is 40.3. The molecule has 0 unspecified atom stereocenters. The molecule has 13 N–H and O–H groups in total. The first-order valence-corrected chi connectivity index (χ1v) is 16.9. The SMILES string of the molecule is C[C@@H](O)[C@H](NC(=O)[C@@H](N)Cc1ccc(O)cc1)C(=O)N[C@@H](CC(N)=O)C(=O)N[C@@H](Cc1c[nH]c2ccccc12)C(=O)N[C@@H](Cc1ccc(O)cc1)C(=O)O. The van der Waals surface area contributed by atoms with Crippen molar-refractivity contribution >= 4 is 46.4 Å². The van der Waals surface area contributed by atoms with Crippen LogP contribution in [0, 0.1) is 0 Å². The van der Waals surface area contributed by atoms with E-state index in [9.17, 15) is 49.2 Å². The molecule has 0 aliphatic heterocycles. The summed E-state index contributed by atoms with van der Waals surface area (Å²) in [6.45, 7) is 1.21. The number of phenolic OH excluding ortho intramolecular Hbond substituents is 2. The minimum Gasteiger partial charge on any atom is -0.508 e. The Morgan fingerprint density at radius 1 is 0.685 bits per heavy atom. The first-order valence-electron chi connectivity index (χ1n) is 16.9. The van der Waals surface area contributed by atoms with Gasteiger partial charge in [0.1, 0.15) is 35.7 Å². The van der Waals surface area contributed by atoms with Crippen molar-refractivity contribution < 1.29 is 49.2 Å². The number of hydrogen-bond donors (Lipinski definition) is 11. The Morgan fingerprint density at radius 3 is 1.80 bits per heavy atom. The van der Waals surface area contributed by atoms with E-state index in [1.54, 1.807) is 42.6 Å². The van der Waals surface area contributed by atoms with Gasteiger partial charge in [0.05, 0.1) is 18.6 Å². The van der Waals surface area contributed by atoms with Gasteiger partial charge in [-0.2, -0.15) is 0 Å². The monoisotopic (exact) mass is 745 g/mol. The Kier molecular flexibility index (Phi) is 13.7. The molecular formula is C37H43N7O10. The van der Waals surface area contributed by atoms with Gasteiger partial charge in [0.25, 0.3) is 0 Å². The van der Waals surface area contributed by atoms with Crippen molar-refractivity contribution in [2.75, 3.05) is 0 Å². The van der Waals surface area contributed by atoms with E-state index >= 15 is 0 Å². The molecule has 0 spiro atoms. The molecule has 17 heteroatoms. The van der Waals surface area contributed by atoms with Crippen LogP contribution in [0.5, 0.6) is 11.5 Å². The van der Waals surface area contributed by atoms with Crippen molar-refractivity contribution in [3.63, 3.8) is 0 Å². The summed E-state index contributed by atoms with van der Waals surface area (Å²) in [5.41, 5.74) is 13.8. The minimum absolute atomic E-state index is 0.0112. The molecule has 286 valence electrons. The van der Waals surface area contributed by atoms with Gasteiger partial charge in [-0.3, -0.25) is 24.0 Å². The molecule has 5 amide bonds. The number of aromatic hydroxyl groups is 2. The second kappa shape index (κ2) is 18.3. The van der Waals surface area contributed by atoms with Crippen LogP contribution in [0.2, 0.25) is 0 Å². The molecule has 0 saturated heterocycles. The van der Waals surface area contributed by atoms with Crippen molar-refractivity contribution in [2.24, 2.45) is 11.5 Å². The third kappa shape index (κ3) is 11.3. The summed E-state index contributed by atoms with van der Waals surface area (Å²) < 4.78 is 0. The number of H-pyrrole nitrogens is 1. The van der Waals surface area contributed by atoms with Crippen LogP contribution in [-0.2, 0) is 48.0 Å². The number of primary amides is 1. The average molecular weight is 746 g/mol. The lowest BCUT2D eigenvalue weighted by Crippen LogP contribution is -2.61. The number of fused-ring (bicyclic) bond motifs is 1. The molecule has 0 fully saturated rings. The Morgan fingerprint density at radius 2 is 1.22 bits per heavy atom. The Bertz CT molecular complexity index is 1960. The lowest BCUT2D eigenvalue weighted by atomic mass is 10.0. The fourth-order valence-electron chi connectivity index (χ4n) is 5.66. The van der Waals surface area contributed by atoms with Crippen molar-refractivity contribution in [2.45, 2.75) is 68.9 Å². The number of aliphatic carboxylic acids is 1. The number of nitrogens with one attached hydrogen (secondary N) is 5. The minimum atomic E-state index is -1.70. The number of benzene rings is 3. The van der Waals surface area contributed by atoms with E-state index in [0.717, 1.165) is 5.52 Å². The van der Waals surface area contributed by atoms with Gasteiger partial charge in [-0.1, -0.05) is 42.5 Å². The molecular weight excluding hydrogens is 702 g/mol. The summed E-state index contributed by atoms with van der Waals surface area (Å²) in [7, 11) is 0. The highest BCUT2D eigenvalue weighted by Gasteiger charge is 2.34. The summed E-state index contributed by atoms with van der Waals surface area (Å²) >= 11 is 0. The van der Waals surface area contributed by atoms with Crippen LogP contribution >= 0.6 is 0 Å². The fraction of sp³-hybridized carbons (Fsp3) is 0.297. The number of nitrogens with two attached hydrogens (primary N) is 2. The van der Waals surface area contributed by atoms with E-state index in [1.165, 1.54) is 43.3 Å². The largest absolute Gasteiger partial charge is 0.508 e. The van der Waals surface area contributed by atoms with Gasteiger partial charge in [-0.15, -0.1) is 0 Å². The Labute approximate surface area is 309 Å². The smallest absolute Gasteiger partial charge is 0.326 e. The number of carbonyl (C=O) groups excluding carboxylic acids is 5.